The number of fused-ring (bicyclic) bond motifs is 1. The Morgan fingerprint density at radius 1 is 1.54 bits per heavy atom. The predicted octanol–water partition coefficient (Wildman–Crippen LogP) is 4.52. The number of thioether (sulfide) groups is 1. The van der Waals surface area contributed by atoms with E-state index in [2.05, 4.69) is 15.9 Å². The molecule has 0 radical (unpaired) electrons. The van der Waals surface area contributed by atoms with Crippen LogP contribution in [0, 0.1) is 5.82 Å². The van der Waals surface area contributed by atoms with Crippen LogP contribution in [0.4, 0.5) is 4.39 Å². The van der Waals surface area contributed by atoms with Gasteiger partial charge in [-0.25, -0.2) is 4.39 Å². The van der Waals surface area contributed by atoms with Crippen LogP contribution in [0.1, 0.15) is 0 Å². The molecule has 0 N–H and O–H groups in total. The summed E-state index contributed by atoms with van der Waals surface area (Å²) in [5.41, 5.74) is 0. The number of hydrogen-bond acceptors (Lipinski definition) is 2. The van der Waals surface area contributed by atoms with Crippen LogP contribution >= 0.6 is 39.0 Å². The molecule has 4 heteroatoms. The highest BCUT2D eigenvalue weighted by molar-refractivity contribution is 9.10. The minimum atomic E-state index is -0.158. The van der Waals surface area contributed by atoms with Gasteiger partial charge in [-0.2, -0.15) is 0 Å². The van der Waals surface area contributed by atoms with E-state index in [0.717, 1.165) is 9.60 Å². The van der Waals surface area contributed by atoms with Crippen LogP contribution < -0.4 is 0 Å². The Labute approximate surface area is 92.3 Å². The van der Waals surface area contributed by atoms with Crippen molar-refractivity contribution in [2.75, 3.05) is 6.26 Å². The van der Waals surface area contributed by atoms with Crippen LogP contribution in [0.5, 0.6) is 0 Å². The van der Waals surface area contributed by atoms with Crippen molar-refractivity contribution in [1.82, 2.24) is 0 Å². The quantitative estimate of drug-likeness (QED) is 0.690. The van der Waals surface area contributed by atoms with Gasteiger partial charge in [0, 0.05) is 10.3 Å². The summed E-state index contributed by atoms with van der Waals surface area (Å²) in [6, 6.07) is 3.65. The smallest absolute Gasteiger partial charge is 0.146 e. The first-order valence-electron chi connectivity index (χ1n) is 3.63. The summed E-state index contributed by atoms with van der Waals surface area (Å²) in [4.78, 5) is 1.12. The minimum Gasteiger partial charge on any atom is -0.205 e. The van der Waals surface area contributed by atoms with E-state index in [4.69, 9.17) is 0 Å². The number of rotatable bonds is 1. The van der Waals surface area contributed by atoms with Crippen molar-refractivity contribution in [2.24, 2.45) is 0 Å². The van der Waals surface area contributed by atoms with E-state index in [1.807, 2.05) is 23.8 Å². The summed E-state index contributed by atoms with van der Waals surface area (Å²) in [7, 11) is 0. The summed E-state index contributed by atoms with van der Waals surface area (Å²) in [5, 5.41) is 2.63. The van der Waals surface area contributed by atoms with Gasteiger partial charge in [0.15, 0.2) is 0 Å². The molecule has 13 heavy (non-hydrogen) atoms. The molecular formula is C9H6BrFS2. The van der Waals surface area contributed by atoms with Crippen LogP contribution in [-0.2, 0) is 0 Å². The maximum atomic E-state index is 13.5. The molecule has 0 aliphatic rings. The first kappa shape index (κ1) is 9.49. The summed E-state index contributed by atoms with van der Waals surface area (Å²) < 4.78 is 15.1. The fourth-order valence-electron chi connectivity index (χ4n) is 1.20. The molecule has 1 aromatic heterocycles. The van der Waals surface area contributed by atoms with Gasteiger partial charge in [0.1, 0.15) is 5.82 Å². The van der Waals surface area contributed by atoms with Crippen molar-refractivity contribution in [2.45, 2.75) is 4.90 Å². The molecule has 2 rings (SSSR count). The normalized spacial score (nSPS) is 11.0. The van der Waals surface area contributed by atoms with Gasteiger partial charge in [-0.3, -0.25) is 0 Å². The lowest BCUT2D eigenvalue weighted by atomic mass is 10.2. The molecule has 0 atom stereocenters. The molecule has 0 nitrogen and oxygen atoms in total. The molecule has 0 unspecified atom stereocenters. The Balaban J connectivity index is 2.87. The molecule has 0 saturated carbocycles. The largest absolute Gasteiger partial charge is 0.205 e. The van der Waals surface area contributed by atoms with Crippen LogP contribution in [-0.4, -0.2) is 6.26 Å². The Kier molecular flexibility index (Phi) is 2.62. The predicted molar refractivity (Wildman–Crippen MR) is 61.3 cm³/mol. The fourth-order valence-corrected chi connectivity index (χ4v) is 3.52. The molecule has 1 aromatic carbocycles. The van der Waals surface area contributed by atoms with Gasteiger partial charge >= 0.3 is 0 Å². The average molecular weight is 277 g/mol. The Hall–Kier alpha value is -0.0600. The molecule has 0 amide bonds. The van der Waals surface area contributed by atoms with E-state index in [0.29, 0.717) is 9.86 Å². The second-order valence-electron chi connectivity index (χ2n) is 2.54. The molecule has 0 fully saturated rings. The van der Waals surface area contributed by atoms with Crippen molar-refractivity contribution < 1.29 is 4.39 Å². The molecule has 2 aromatic rings. The summed E-state index contributed by atoms with van der Waals surface area (Å²) >= 11 is 6.43. The molecule has 68 valence electrons. The third-order valence-corrected chi connectivity index (χ3v) is 4.23. The summed E-state index contributed by atoms with van der Waals surface area (Å²) in [6.45, 7) is 0. The number of thiophene rings is 1. The Bertz CT molecular complexity index is 450. The molecule has 0 spiro atoms. The highest BCUT2D eigenvalue weighted by Crippen LogP contribution is 2.36. The lowest BCUT2D eigenvalue weighted by Crippen LogP contribution is -1.80. The maximum Gasteiger partial charge on any atom is 0.146 e. The third-order valence-electron chi connectivity index (χ3n) is 1.81. The molecular weight excluding hydrogens is 271 g/mol. The van der Waals surface area contributed by atoms with Gasteiger partial charge in [0.05, 0.1) is 9.17 Å². The molecule has 0 aliphatic carbocycles. The number of hydrogen-bond donors (Lipinski definition) is 0. The Morgan fingerprint density at radius 2 is 2.31 bits per heavy atom. The van der Waals surface area contributed by atoms with Crippen molar-refractivity contribution in [1.29, 1.82) is 0 Å². The van der Waals surface area contributed by atoms with Gasteiger partial charge < -0.3 is 0 Å². The fraction of sp³-hybridized carbons (Fsp3) is 0.111. The zero-order valence-corrected chi connectivity index (χ0v) is 10.0. The zero-order valence-electron chi connectivity index (χ0n) is 6.80. The second-order valence-corrected chi connectivity index (χ2v) is 5.16. The lowest BCUT2D eigenvalue weighted by Gasteiger charge is -2.01. The number of halogens is 2. The van der Waals surface area contributed by atoms with Crippen LogP contribution in [0.25, 0.3) is 10.1 Å². The third kappa shape index (κ3) is 1.51. The van der Waals surface area contributed by atoms with Crippen molar-refractivity contribution in [3.05, 3.63) is 27.8 Å². The lowest BCUT2D eigenvalue weighted by molar-refractivity contribution is 0.633. The van der Waals surface area contributed by atoms with Gasteiger partial charge in [-0.1, -0.05) is 0 Å². The topological polar surface area (TPSA) is 0 Å². The Morgan fingerprint density at radius 3 is 3.00 bits per heavy atom. The van der Waals surface area contributed by atoms with E-state index in [9.17, 15) is 4.39 Å². The van der Waals surface area contributed by atoms with Crippen molar-refractivity contribution >= 4 is 49.1 Å². The maximum absolute atomic E-state index is 13.5. The zero-order chi connectivity index (χ0) is 9.42. The summed E-state index contributed by atoms with van der Waals surface area (Å²) in [6.07, 6.45) is 2.00. The van der Waals surface area contributed by atoms with E-state index in [1.165, 1.54) is 0 Å². The summed E-state index contributed by atoms with van der Waals surface area (Å²) in [5.74, 6) is -0.158. The molecule has 0 bridgehead atoms. The van der Waals surface area contributed by atoms with Gasteiger partial charge in [-0.15, -0.1) is 23.1 Å². The highest BCUT2D eigenvalue weighted by atomic mass is 79.9. The van der Waals surface area contributed by atoms with E-state index < -0.39 is 0 Å². The minimum absolute atomic E-state index is 0.158. The van der Waals surface area contributed by atoms with Gasteiger partial charge in [0.25, 0.3) is 0 Å². The first-order chi connectivity index (χ1) is 6.24. The SMILES string of the molecule is CSc1cc(Br)c(F)c2ccsc12. The average Bonchev–Trinajstić information content (AvgIpc) is 2.60. The van der Waals surface area contributed by atoms with Crippen LogP contribution in [0.15, 0.2) is 26.9 Å². The molecule has 0 saturated heterocycles. The van der Waals surface area contributed by atoms with Crippen molar-refractivity contribution in [3.8, 4) is 0 Å². The standard InChI is InChI=1S/C9H6BrFS2/c1-12-7-4-6(10)8(11)5-2-3-13-9(5)7/h2-4H,1H3. The highest BCUT2D eigenvalue weighted by Gasteiger charge is 2.10. The second kappa shape index (κ2) is 3.59. The van der Waals surface area contributed by atoms with Gasteiger partial charge in [0.2, 0.25) is 0 Å². The number of benzene rings is 1. The van der Waals surface area contributed by atoms with Crippen LogP contribution in [0.3, 0.4) is 0 Å². The van der Waals surface area contributed by atoms with E-state index in [-0.39, 0.29) is 5.82 Å². The van der Waals surface area contributed by atoms with E-state index in [1.54, 1.807) is 23.1 Å². The molecule has 1 heterocycles. The monoisotopic (exact) mass is 276 g/mol. The first-order valence-corrected chi connectivity index (χ1v) is 6.53. The van der Waals surface area contributed by atoms with Crippen molar-refractivity contribution in [3.63, 3.8) is 0 Å². The van der Waals surface area contributed by atoms with E-state index >= 15 is 0 Å². The van der Waals surface area contributed by atoms with Crippen LogP contribution in [0.2, 0.25) is 0 Å². The van der Waals surface area contributed by atoms with Gasteiger partial charge in [-0.05, 0) is 39.7 Å². The molecule has 0 aliphatic heterocycles.